The highest BCUT2D eigenvalue weighted by Gasteiger charge is 2.38. The first-order chi connectivity index (χ1) is 9.89. The SMILES string of the molecule is C1CCN(C2(CNC3CCCOC3)CCCCC2)CC1. The fourth-order valence-electron chi connectivity index (χ4n) is 4.42. The van der Waals surface area contributed by atoms with Gasteiger partial charge in [0.2, 0.25) is 0 Å². The van der Waals surface area contributed by atoms with Gasteiger partial charge in [0, 0.05) is 24.7 Å². The summed E-state index contributed by atoms with van der Waals surface area (Å²) in [5.74, 6) is 0. The van der Waals surface area contributed by atoms with Gasteiger partial charge in [-0.2, -0.15) is 0 Å². The van der Waals surface area contributed by atoms with E-state index in [0.29, 0.717) is 11.6 Å². The number of hydrogen-bond donors (Lipinski definition) is 1. The van der Waals surface area contributed by atoms with E-state index in [0.717, 1.165) is 13.2 Å². The number of rotatable bonds is 4. The molecule has 3 heteroatoms. The van der Waals surface area contributed by atoms with Crippen LogP contribution in [0.25, 0.3) is 0 Å². The summed E-state index contributed by atoms with van der Waals surface area (Å²) in [4.78, 5) is 2.84. The van der Waals surface area contributed by atoms with Gasteiger partial charge in [0.25, 0.3) is 0 Å². The van der Waals surface area contributed by atoms with Gasteiger partial charge in [-0.3, -0.25) is 4.90 Å². The van der Waals surface area contributed by atoms with Crippen molar-refractivity contribution in [3.05, 3.63) is 0 Å². The molecule has 0 spiro atoms. The van der Waals surface area contributed by atoms with E-state index in [-0.39, 0.29) is 0 Å². The summed E-state index contributed by atoms with van der Waals surface area (Å²) in [6.45, 7) is 5.76. The van der Waals surface area contributed by atoms with Crippen LogP contribution in [0.2, 0.25) is 0 Å². The molecule has 1 unspecified atom stereocenters. The van der Waals surface area contributed by atoms with Crippen LogP contribution >= 0.6 is 0 Å². The minimum atomic E-state index is 0.468. The zero-order chi connectivity index (χ0) is 13.7. The summed E-state index contributed by atoms with van der Waals surface area (Å²) >= 11 is 0. The molecule has 0 bridgehead atoms. The van der Waals surface area contributed by atoms with Gasteiger partial charge in [0.15, 0.2) is 0 Å². The third-order valence-electron chi connectivity index (χ3n) is 5.69. The zero-order valence-electron chi connectivity index (χ0n) is 13.0. The van der Waals surface area contributed by atoms with E-state index in [1.807, 2.05) is 0 Å². The second kappa shape index (κ2) is 7.24. The number of hydrogen-bond acceptors (Lipinski definition) is 3. The maximum absolute atomic E-state index is 5.62. The second-order valence-electron chi connectivity index (χ2n) is 7.13. The summed E-state index contributed by atoms with van der Waals surface area (Å²) in [7, 11) is 0. The maximum Gasteiger partial charge on any atom is 0.0619 e. The second-order valence-corrected chi connectivity index (χ2v) is 7.13. The van der Waals surface area contributed by atoms with Crippen LogP contribution < -0.4 is 5.32 Å². The number of nitrogens with zero attached hydrogens (tertiary/aromatic N) is 1. The van der Waals surface area contributed by atoms with Gasteiger partial charge in [-0.1, -0.05) is 25.7 Å². The van der Waals surface area contributed by atoms with Gasteiger partial charge >= 0.3 is 0 Å². The van der Waals surface area contributed by atoms with Gasteiger partial charge < -0.3 is 10.1 Å². The molecule has 3 fully saturated rings. The third kappa shape index (κ3) is 3.55. The first-order valence-electron chi connectivity index (χ1n) is 8.95. The summed E-state index contributed by atoms with van der Waals surface area (Å²) in [5.41, 5.74) is 0.468. The molecular weight excluding hydrogens is 248 g/mol. The van der Waals surface area contributed by atoms with E-state index in [4.69, 9.17) is 4.74 Å². The predicted octanol–water partition coefficient (Wildman–Crippen LogP) is 2.94. The number of likely N-dealkylation sites (tertiary alicyclic amines) is 1. The van der Waals surface area contributed by atoms with Crippen molar-refractivity contribution < 1.29 is 4.74 Å². The Morgan fingerprint density at radius 3 is 2.40 bits per heavy atom. The highest BCUT2D eigenvalue weighted by molar-refractivity contribution is 4.96. The Morgan fingerprint density at radius 1 is 0.950 bits per heavy atom. The molecule has 0 aromatic rings. The number of piperidine rings is 1. The van der Waals surface area contributed by atoms with Crippen LogP contribution in [0.4, 0.5) is 0 Å². The molecule has 1 saturated carbocycles. The van der Waals surface area contributed by atoms with Gasteiger partial charge in [-0.15, -0.1) is 0 Å². The topological polar surface area (TPSA) is 24.5 Å². The molecular formula is C17H32N2O. The monoisotopic (exact) mass is 280 g/mol. The lowest BCUT2D eigenvalue weighted by atomic mass is 9.79. The summed E-state index contributed by atoms with van der Waals surface area (Å²) in [5, 5.41) is 3.86. The van der Waals surface area contributed by atoms with Gasteiger partial charge in [0.05, 0.1) is 6.61 Å². The van der Waals surface area contributed by atoms with E-state index >= 15 is 0 Å². The van der Waals surface area contributed by atoms with Crippen molar-refractivity contribution in [2.24, 2.45) is 0 Å². The highest BCUT2D eigenvalue weighted by Crippen LogP contribution is 2.35. The van der Waals surface area contributed by atoms with Crippen molar-refractivity contribution in [3.8, 4) is 0 Å². The maximum atomic E-state index is 5.62. The van der Waals surface area contributed by atoms with Crippen LogP contribution in [-0.2, 0) is 4.74 Å². The van der Waals surface area contributed by atoms with Crippen LogP contribution in [0, 0.1) is 0 Å². The normalized spacial score (nSPS) is 32.1. The average Bonchev–Trinajstić information content (AvgIpc) is 2.56. The van der Waals surface area contributed by atoms with E-state index < -0.39 is 0 Å². The zero-order valence-corrected chi connectivity index (χ0v) is 13.0. The van der Waals surface area contributed by atoms with Crippen molar-refractivity contribution >= 4 is 0 Å². The Hall–Kier alpha value is -0.120. The molecule has 2 saturated heterocycles. The Bertz CT molecular complexity index is 277. The van der Waals surface area contributed by atoms with Crippen LogP contribution in [0.5, 0.6) is 0 Å². The van der Waals surface area contributed by atoms with Gasteiger partial charge in [-0.05, 0) is 51.6 Å². The minimum Gasteiger partial charge on any atom is -0.380 e. The Labute approximate surface area is 124 Å². The van der Waals surface area contributed by atoms with Gasteiger partial charge in [-0.25, -0.2) is 0 Å². The molecule has 2 aliphatic heterocycles. The van der Waals surface area contributed by atoms with E-state index in [1.165, 1.54) is 83.8 Å². The van der Waals surface area contributed by atoms with E-state index in [1.54, 1.807) is 0 Å². The molecule has 3 rings (SSSR count). The highest BCUT2D eigenvalue weighted by atomic mass is 16.5. The molecule has 1 N–H and O–H groups in total. The lowest BCUT2D eigenvalue weighted by Crippen LogP contribution is -2.59. The lowest BCUT2D eigenvalue weighted by molar-refractivity contribution is 0.0199. The first kappa shape index (κ1) is 14.8. The molecule has 3 aliphatic rings. The van der Waals surface area contributed by atoms with Crippen LogP contribution in [0.15, 0.2) is 0 Å². The van der Waals surface area contributed by atoms with Crippen molar-refractivity contribution in [1.82, 2.24) is 10.2 Å². The molecule has 20 heavy (non-hydrogen) atoms. The van der Waals surface area contributed by atoms with Crippen LogP contribution in [-0.4, -0.2) is 49.3 Å². The standard InChI is InChI=1S/C17H32N2O/c1-3-9-17(10-4-1,19-11-5-2-6-12-19)15-18-16-8-7-13-20-14-16/h16,18H,1-15H2. The molecule has 0 aromatic heterocycles. The van der Waals surface area contributed by atoms with E-state index in [2.05, 4.69) is 10.2 Å². The van der Waals surface area contributed by atoms with Crippen molar-refractivity contribution in [3.63, 3.8) is 0 Å². The fraction of sp³-hybridized carbons (Fsp3) is 1.00. The minimum absolute atomic E-state index is 0.468. The summed E-state index contributed by atoms with van der Waals surface area (Å²) < 4.78 is 5.62. The molecule has 3 nitrogen and oxygen atoms in total. The predicted molar refractivity (Wildman–Crippen MR) is 83.1 cm³/mol. The number of nitrogens with one attached hydrogen (secondary N) is 1. The fourth-order valence-corrected chi connectivity index (χ4v) is 4.42. The summed E-state index contributed by atoms with van der Waals surface area (Å²) in [6, 6.07) is 0.604. The molecule has 0 aromatic carbocycles. The molecule has 1 aliphatic carbocycles. The molecule has 0 amide bonds. The Balaban J connectivity index is 1.59. The molecule has 0 radical (unpaired) electrons. The quantitative estimate of drug-likeness (QED) is 0.857. The molecule has 2 heterocycles. The van der Waals surface area contributed by atoms with Gasteiger partial charge in [0.1, 0.15) is 0 Å². The van der Waals surface area contributed by atoms with Crippen molar-refractivity contribution in [2.45, 2.75) is 75.8 Å². The van der Waals surface area contributed by atoms with Crippen LogP contribution in [0.1, 0.15) is 64.2 Å². The molecule has 116 valence electrons. The third-order valence-corrected chi connectivity index (χ3v) is 5.69. The van der Waals surface area contributed by atoms with Crippen molar-refractivity contribution in [2.75, 3.05) is 32.8 Å². The Morgan fingerprint density at radius 2 is 1.70 bits per heavy atom. The first-order valence-corrected chi connectivity index (χ1v) is 8.95. The van der Waals surface area contributed by atoms with E-state index in [9.17, 15) is 0 Å². The summed E-state index contributed by atoms with van der Waals surface area (Å²) in [6.07, 6.45) is 13.9. The smallest absolute Gasteiger partial charge is 0.0619 e. The van der Waals surface area contributed by atoms with Crippen molar-refractivity contribution in [1.29, 1.82) is 0 Å². The number of ether oxygens (including phenoxy) is 1. The average molecular weight is 280 g/mol. The van der Waals surface area contributed by atoms with Crippen LogP contribution in [0.3, 0.4) is 0 Å². The Kier molecular flexibility index (Phi) is 5.36. The molecule has 1 atom stereocenters. The lowest BCUT2D eigenvalue weighted by Gasteiger charge is -2.49. The largest absolute Gasteiger partial charge is 0.380 e.